The lowest BCUT2D eigenvalue weighted by Gasteiger charge is -2.15. The van der Waals surface area contributed by atoms with Gasteiger partial charge in [-0.2, -0.15) is 0 Å². The standard InChI is InChI=1S/C33H57N5O5/c1-28(21-22-32(41)42)37-33(43)36-25-14-6-5-10-19-30(39)18-9-3-4-11-20-31(40)35-24-13-7-8-16-26-38(2)27-29-17-12-15-23-34-29/h12,15,17,23,28H,3-11,13-14,16,18-22,24-27H2,1-2H3,(H,35,40)(H,41,42)(H2,36,37,43). The Kier molecular flexibility index (Phi) is 22.5. The average Bonchev–Trinajstić information content (AvgIpc) is 2.97. The third kappa shape index (κ3) is 24.2. The molecular formula is C33H57N5O5. The van der Waals surface area contributed by atoms with Gasteiger partial charge in [0.25, 0.3) is 0 Å². The van der Waals surface area contributed by atoms with Crippen molar-refractivity contribution in [1.29, 1.82) is 0 Å². The molecule has 10 heteroatoms. The van der Waals surface area contributed by atoms with Crippen molar-refractivity contribution in [2.75, 3.05) is 26.7 Å². The topological polar surface area (TPSA) is 141 Å². The smallest absolute Gasteiger partial charge is 0.314 e. The van der Waals surface area contributed by atoms with E-state index in [2.05, 4.69) is 38.9 Å². The van der Waals surface area contributed by atoms with Crippen LogP contribution in [0.4, 0.5) is 4.79 Å². The highest BCUT2D eigenvalue weighted by atomic mass is 16.4. The van der Waals surface area contributed by atoms with Crippen molar-refractivity contribution >= 4 is 23.7 Å². The molecule has 1 rings (SSSR count). The Morgan fingerprint density at radius 1 is 0.791 bits per heavy atom. The molecule has 1 atom stereocenters. The first kappa shape index (κ1) is 38.0. The molecule has 43 heavy (non-hydrogen) atoms. The summed E-state index contributed by atoms with van der Waals surface area (Å²) in [6, 6.07) is 5.56. The van der Waals surface area contributed by atoms with Crippen molar-refractivity contribution in [3.8, 4) is 0 Å². The number of carbonyl (C=O) groups excluding carboxylic acids is 3. The van der Waals surface area contributed by atoms with Crippen molar-refractivity contribution in [3.63, 3.8) is 0 Å². The quantitative estimate of drug-likeness (QED) is 0.0959. The number of amides is 3. The van der Waals surface area contributed by atoms with E-state index in [1.807, 2.05) is 18.3 Å². The van der Waals surface area contributed by atoms with Crippen LogP contribution in [0, 0.1) is 0 Å². The number of nitrogens with zero attached hydrogens (tertiary/aromatic N) is 2. The van der Waals surface area contributed by atoms with Crippen LogP contribution in [0.15, 0.2) is 24.4 Å². The second-order valence-corrected chi connectivity index (χ2v) is 11.7. The Labute approximate surface area is 259 Å². The van der Waals surface area contributed by atoms with Gasteiger partial charge in [0.2, 0.25) is 5.91 Å². The molecule has 0 aliphatic heterocycles. The minimum atomic E-state index is -0.866. The molecular weight excluding hydrogens is 546 g/mol. The molecule has 244 valence electrons. The van der Waals surface area contributed by atoms with Crippen molar-refractivity contribution in [2.45, 2.75) is 129 Å². The highest BCUT2D eigenvalue weighted by Gasteiger charge is 2.09. The van der Waals surface area contributed by atoms with Crippen molar-refractivity contribution < 1.29 is 24.3 Å². The van der Waals surface area contributed by atoms with Gasteiger partial charge in [-0.25, -0.2) is 4.79 Å². The number of carbonyl (C=O) groups is 4. The molecule has 1 unspecified atom stereocenters. The predicted molar refractivity (Wildman–Crippen MR) is 171 cm³/mol. The number of pyridine rings is 1. The molecule has 0 spiro atoms. The Balaban J connectivity index is 1.84. The van der Waals surface area contributed by atoms with E-state index in [-0.39, 0.29) is 24.4 Å². The van der Waals surface area contributed by atoms with E-state index in [0.29, 0.717) is 38.0 Å². The normalized spacial score (nSPS) is 11.7. The fourth-order valence-electron chi connectivity index (χ4n) is 4.80. The lowest BCUT2D eigenvalue weighted by atomic mass is 10.0. The fraction of sp³-hybridized carbons (Fsp3) is 0.727. The van der Waals surface area contributed by atoms with Gasteiger partial charge in [0.05, 0.1) is 5.69 Å². The molecule has 0 saturated heterocycles. The van der Waals surface area contributed by atoms with Crippen LogP contribution in [0.2, 0.25) is 0 Å². The number of unbranched alkanes of at least 4 members (excludes halogenated alkanes) is 9. The molecule has 0 fully saturated rings. The first-order valence-electron chi connectivity index (χ1n) is 16.4. The number of urea groups is 1. The average molecular weight is 604 g/mol. The SMILES string of the molecule is CC(CCC(=O)O)NC(=O)NCCCCCCC(=O)CCCCCCC(=O)NCCCCCCN(C)Cc1ccccn1. The van der Waals surface area contributed by atoms with Gasteiger partial charge >= 0.3 is 12.0 Å². The van der Waals surface area contributed by atoms with E-state index in [9.17, 15) is 19.2 Å². The van der Waals surface area contributed by atoms with Crippen LogP contribution in [0.5, 0.6) is 0 Å². The number of carboxylic acids is 1. The molecule has 3 amide bonds. The molecule has 0 aromatic carbocycles. The fourth-order valence-corrected chi connectivity index (χ4v) is 4.80. The molecule has 1 aromatic rings. The number of rotatable bonds is 27. The van der Waals surface area contributed by atoms with Gasteiger partial charge in [-0.05, 0) is 77.6 Å². The molecule has 0 aliphatic rings. The zero-order chi connectivity index (χ0) is 31.5. The Bertz CT molecular complexity index is 899. The second kappa shape index (κ2) is 25.5. The second-order valence-electron chi connectivity index (χ2n) is 11.7. The zero-order valence-corrected chi connectivity index (χ0v) is 26.7. The molecule has 1 heterocycles. The van der Waals surface area contributed by atoms with Gasteiger partial charge in [-0.3, -0.25) is 19.4 Å². The van der Waals surface area contributed by atoms with E-state index in [4.69, 9.17) is 5.11 Å². The van der Waals surface area contributed by atoms with Crippen LogP contribution in [0.3, 0.4) is 0 Å². The summed E-state index contributed by atoms with van der Waals surface area (Å²) in [5, 5.41) is 17.2. The lowest BCUT2D eigenvalue weighted by molar-refractivity contribution is -0.137. The summed E-state index contributed by atoms with van der Waals surface area (Å²) in [4.78, 5) is 53.2. The molecule has 0 saturated carbocycles. The summed E-state index contributed by atoms with van der Waals surface area (Å²) in [5.74, 6) is -0.424. The van der Waals surface area contributed by atoms with Crippen molar-refractivity contribution in [3.05, 3.63) is 30.1 Å². The Morgan fingerprint density at radius 3 is 2.02 bits per heavy atom. The van der Waals surface area contributed by atoms with E-state index < -0.39 is 5.97 Å². The number of hydrogen-bond acceptors (Lipinski definition) is 6. The summed E-state index contributed by atoms with van der Waals surface area (Å²) in [6.45, 7) is 5.03. The van der Waals surface area contributed by atoms with Gasteiger partial charge < -0.3 is 26.0 Å². The van der Waals surface area contributed by atoms with Crippen molar-refractivity contribution in [1.82, 2.24) is 25.8 Å². The van der Waals surface area contributed by atoms with E-state index in [0.717, 1.165) is 102 Å². The van der Waals surface area contributed by atoms with E-state index >= 15 is 0 Å². The molecule has 0 radical (unpaired) electrons. The number of nitrogens with one attached hydrogen (secondary N) is 3. The van der Waals surface area contributed by atoms with Gasteiger partial charge in [0.15, 0.2) is 0 Å². The largest absolute Gasteiger partial charge is 0.481 e. The number of hydrogen-bond donors (Lipinski definition) is 4. The van der Waals surface area contributed by atoms with Crippen LogP contribution in [-0.2, 0) is 20.9 Å². The number of aromatic nitrogens is 1. The summed E-state index contributed by atoms with van der Waals surface area (Å²) < 4.78 is 0. The maximum absolute atomic E-state index is 12.1. The highest BCUT2D eigenvalue weighted by molar-refractivity contribution is 5.78. The van der Waals surface area contributed by atoms with E-state index in [1.165, 1.54) is 0 Å². The van der Waals surface area contributed by atoms with Gasteiger partial charge in [0, 0.05) is 57.6 Å². The Hall–Kier alpha value is -3.01. The third-order valence-electron chi connectivity index (χ3n) is 7.39. The lowest BCUT2D eigenvalue weighted by Crippen LogP contribution is -2.41. The summed E-state index contributed by atoms with van der Waals surface area (Å²) in [7, 11) is 2.13. The first-order chi connectivity index (χ1) is 20.8. The molecule has 0 aliphatic carbocycles. The van der Waals surface area contributed by atoms with Crippen LogP contribution in [0.25, 0.3) is 0 Å². The van der Waals surface area contributed by atoms with Crippen LogP contribution >= 0.6 is 0 Å². The van der Waals surface area contributed by atoms with Crippen LogP contribution in [-0.4, -0.2) is 71.4 Å². The zero-order valence-electron chi connectivity index (χ0n) is 26.7. The maximum Gasteiger partial charge on any atom is 0.314 e. The molecule has 0 bridgehead atoms. The van der Waals surface area contributed by atoms with E-state index in [1.54, 1.807) is 6.92 Å². The number of Topliss-reactive ketones (excluding diaryl/α,β-unsaturated/α-hetero) is 1. The Morgan fingerprint density at radius 2 is 1.40 bits per heavy atom. The monoisotopic (exact) mass is 603 g/mol. The summed E-state index contributed by atoms with van der Waals surface area (Å²) in [5.41, 5.74) is 1.10. The van der Waals surface area contributed by atoms with Gasteiger partial charge in [-0.1, -0.05) is 44.6 Å². The summed E-state index contributed by atoms with van der Waals surface area (Å²) >= 11 is 0. The molecule has 4 N–H and O–H groups in total. The molecule has 10 nitrogen and oxygen atoms in total. The van der Waals surface area contributed by atoms with Crippen LogP contribution < -0.4 is 16.0 Å². The number of carboxylic acid groups (broad SMARTS) is 1. The maximum atomic E-state index is 12.1. The number of ketones is 1. The molecule has 1 aromatic heterocycles. The summed E-state index contributed by atoms with van der Waals surface area (Å²) in [6.07, 6.45) is 15.9. The van der Waals surface area contributed by atoms with Crippen LogP contribution in [0.1, 0.15) is 122 Å². The van der Waals surface area contributed by atoms with Gasteiger partial charge in [0.1, 0.15) is 5.78 Å². The minimum absolute atomic E-state index is 0.0356. The number of aliphatic carboxylic acids is 1. The highest BCUT2D eigenvalue weighted by Crippen LogP contribution is 2.10. The predicted octanol–water partition coefficient (Wildman–Crippen LogP) is 5.60. The third-order valence-corrected chi connectivity index (χ3v) is 7.39. The first-order valence-corrected chi connectivity index (χ1v) is 16.4. The minimum Gasteiger partial charge on any atom is -0.481 e. The van der Waals surface area contributed by atoms with Crippen molar-refractivity contribution in [2.24, 2.45) is 0 Å². The van der Waals surface area contributed by atoms with Gasteiger partial charge in [-0.15, -0.1) is 0 Å².